The van der Waals surface area contributed by atoms with Gasteiger partial charge in [-0.3, -0.25) is 14.2 Å². The third-order valence-electron chi connectivity index (χ3n) is 4.33. The lowest BCUT2D eigenvalue weighted by Crippen LogP contribution is -2.15. The van der Waals surface area contributed by atoms with Gasteiger partial charge in [-0.05, 0) is 42.0 Å². The number of methoxy groups -OCH3 is 1. The van der Waals surface area contributed by atoms with Gasteiger partial charge in [0.2, 0.25) is 5.91 Å². The van der Waals surface area contributed by atoms with Gasteiger partial charge in [-0.1, -0.05) is 12.1 Å². The van der Waals surface area contributed by atoms with Crippen LogP contribution >= 0.6 is 0 Å². The Balaban J connectivity index is 1.57. The van der Waals surface area contributed by atoms with E-state index in [-0.39, 0.29) is 18.1 Å². The van der Waals surface area contributed by atoms with Crippen molar-refractivity contribution in [2.45, 2.75) is 6.42 Å². The Labute approximate surface area is 161 Å². The highest BCUT2D eigenvalue weighted by molar-refractivity contribution is 5.92. The third-order valence-corrected chi connectivity index (χ3v) is 4.33. The number of aromatic nitrogens is 3. The van der Waals surface area contributed by atoms with Crippen molar-refractivity contribution in [3.05, 3.63) is 72.7 Å². The number of ether oxygens (including phenoxy) is 1. The molecule has 2 N–H and O–H groups in total. The van der Waals surface area contributed by atoms with Crippen molar-refractivity contribution >= 4 is 17.4 Å². The Bertz CT molecular complexity index is 1140. The van der Waals surface area contributed by atoms with Crippen LogP contribution in [-0.2, 0) is 11.2 Å². The number of carbonyl (C=O) groups is 1. The summed E-state index contributed by atoms with van der Waals surface area (Å²) < 4.78 is 6.97. The summed E-state index contributed by atoms with van der Waals surface area (Å²) in [4.78, 5) is 21.2. The number of fused-ring (bicyclic) bond motifs is 1. The lowest BCUT2D eigenvalue weighted by atomic mass is 10.1. The maximum absolute atomic E-state index is 12.5. The molecule has 0 fully saturated rings. The molecule has 0 saturated carbocycles. The summed E-state index contributed by atoms with van der Waals surface area (Å²) >= 11 is 0. The number of phenolic OH excluding ortho intramolecular Hbond substituents is 1. The predicted molar refractivity (Wildman–Crippen MR) is 105 cm³/mol. The lowest BCUT2D eigenvalue weighted by Gasteiger charge is -2.08. The average molecular weight is 374 g/mol. The van der Waals surface area contributed by atoms with Crippen LogP contribution in [0.5, 0.6) is 11.5 Å². The first kappa shape index (κ1) is 17.5. The Morgan fingerprint density at radius 1 is 1.14 bits per heavy atom. The van der Waals surface area contributed by atoms with E-state index < -0.39 is 0 Å². The zero-order valence-electron chi connectivity index (χ0n) is 15.2. The highest BCUT2D eigenvalue weighted by atomic mass is 16.5. The second-order valence-electron chi connectivity index (χ2n) is 6.27. The fourth-order valence-electron chi connectivity index (χ4n) is 2.92. The number of carbonyl (C=O) groups excluding carboxylic acids is 1. The van der Waals surface area contributed by atoms with Crippen LogP contribution in [0.2, 0.25) is 0 Å². The molecular formula is C21H18N4O3. The van der Waals surface area contributed by atoms with Gasteiger partial charge < -0.3 is 15.2 Å². The normalized spacial score (nSPS) is 10.8. The van der Waals surface area contributed by atoms with Crippen LogP contribution in [0.3, 0.4) is 0 Å². The van der Waals surface area contributed by atoms with E-state index in [4.69, 9.17) is 4.74 Å². The number of hydrogen-bond donors (Lipinski definition) is 2. The Kier molecular flexibility index (Phi) is 4.63. The quantitative estimate of drug-likeness (QED) is 0.560. The van der Waals surface area contributed by atoms with Gasteiger partial charge in [-0.2, -0.15) is 0 Å². The monoisotopic (exact) mass is 374 g/mol. The summed E-state index contributed by atoms with van der Waals surface area (Å²) in [5.41, 5.74) is 3.03. The third kappa shape index (κ3) is 3.64. The second-order valence-corrected chi connectivity index (χ2v) is 6.27. The lowest BCUT2D eigenvalue weighted by molar-refractivity contribution is -0.115. The number of hydrogen-bond acceptors (Lipinski definition) is 5. The molecule has 0 radical (unpaired) electrons. The molecule has 4 aromatic rings. The molecule has 0 bridgehead atoms. The SMILES string of the molecule is COc1cccc(CC(=O)Nc2cnc3cnc(-c4ccc(O)cc4)cn23)c1. The van der Waals surface area contributed by atoms with Crippen LogP contribution in [-0.4, -0.2) is 32.5 Å². The summed E-state index contributed by atoms with van der Waals surface area (Å²) in [5, 5.41) is 12.3. The molecule has 2 aromatic heterocycles. The molecule has 7 nitrogen and oxygen atoms in total. The Hall–Kier alpha value is -3.87. The highest BCUT2D eigenvalue weighted by Gasteiger charge is 2.11. The van der Waals surface area contributed by atoms with Crippen molar-refractivity contribution in [3.8, 4) is 22.8 Å². The van der Waals surface area contributed by atoms with Crippen LogP contribution < -0.4 is 10.1 Å². The fourth-order valence-corrected chi connectivity index (χ4v) is 2.92. The number of phenols is 1. The van der Waals surface area contributed by atoms with Gasteiger partial charge in [0, 0.05) is 11.8 Å². The maximum atomic E-state index is 12.5. The molecule has 4 rings (SSSR count). The van der Waals surface area contributed by atoms with Crippen molar-refractivity contribution in [2.24, 2.45) is 0 Å². The zero-order chi connectivity index (χ0) is 19.5. The first-order valence-electron chi connectivity index (χ1n) is 8.67. The number of anilines is 1. The molecule has 28 heavy (non-hydrogen) atoms. The van der Waals surface area contributed by atoms with E-state index in [0.717, 1.165) is 11.1 Å². The van der Waals surface area contributed by atoms with Crippen LogP contribution in [0.4, 0.5) is 5.82 Å². The number of aromatic hydroxyl groups is 1. The minimum absolute atomic E-state index is 0.155. The van der Waals surface area contributed by atoms with Crippen molar-refractivity contribution < 1.29 is 14.6 Å². The number of nitrogens with one attached hydrogen (secondary N) is 1. The van der Waals surface area contributed by atoms with Crippen LogP contribution in [0.1, 0.15) is 5.56 Å². The predicted octanol–water partition coefficient (Wildman–Crippen LogP) is 3.29. The molecule has 2 aromatic carbocycles. The smallest absolute Gasteiger partial charge is 0.229 e. The van der Waals surface area contributed by atoms with Crippen molar-refractivity contribution in [3.63, 3.8) is 0 Å². The average Bonchev–Trinajstić information content (AvgIpc) is 3.10. The summed E-state index contributed by atoms with van der Waals surface area (Å²) in [5.74, 6) is 1.31. The zero-order valence-corrected chi connectivity index (χ0v) is 15.2. The molecule has 0 aliphatic rings. The summed E-state index contributed by atoms with van der Waals surface area (Å²) in [6.07, 6.45) is 5.26. The Morgan fingerprint density at radius 3 is 2.75 bits per heavy atom. The highest BCUT2D eigenvalue weighted by Crippen LogP contribution is 2.22. The minimum atomic E-state index is -0.155. The topological polar surface area (TPSA) is 88.8 Å². The number of rotatable bonds is 5. The molecule has 7 heteroatoms. The molecule has 0 unspecified atom stereocenters. The largest absolute Gasteiger partial charge is 0.508 e. The van der Waals surface area contributed by atoms with Gasteiger partial charge >= 0.3 is 0 Å². The van der Waals surface area contributed by atoms with E-state index in [1.165, 1.54) is 0 Å². The van der Waals surface area contributed by atoms with Crippen LogP contribution in [0.25, 0.3) is 16.9 Å². The molecule has 1 amide bonds. The van der Waals surface area contributed by atoms with Gasteiger partial charge in [0.25, 0.3) is 0 Å². The van der Waals surface area contributed by atoms with Gasteiger partial charge in [-0.15, -0.1) is 0 Å². The van der Waals surface area contributed by atoms with Crippen molar-refractivity contribution in [1.82, 2.24) is 14.4 Å². The molecule has 140 valence electrons. The summed E-state index contributed by atoms with van der Waals surface area (Å²) in [6, 6.07) is 14.2. The molecular weight excluding hydrogens is 356 g/mol. The van der Waals surface area contributed by atoms with Crippen molar-refractivity contribution in [1.29, 1.82) is 0 Å². The van der Waals surface area contributed by atoms with Gasteiger partial charge in [0.05, 0.1) is 31.6 Å². The Morgan fingerprint density at radius 2 is 1.96 bits per heavy atom. The van der Waals surface area contributed by atoms with Gasteiger partial charge in [0.15, 0.2) is 5.65 Å². The van der Waals surface area contributed by atoms with Gasteiger partial charge in [0.1, 0.15) is 17.3 Å². The first-order chi connectivity index (χ1) is 13.6. The summed E-state index contributed by atoms with van der Waals surface area (Å²) in [6.45, 7) is 0. The number of amides is 1. The number of nitrogens with zero attached hydrogens (tertiary/aromatic N) is 3. The maximum Gasteiger partial charge on any atom is 0.229 e. The minimum Gasteiger partial charge on any atom is -0.508 e. The van der Waals surface area contributed by atoms with Crippen LogP contribution in [0.15, 0.2) is 67.1 Å². The van der Waals surface area contributed by atoms with Crippen LogP contribution in [0, 0.1) is 0 Å². The van der Waals surface area contributed by atoms with E-state index in [2.05, 4.69) is 15.3 Å². The summed E-state index contributed by atoms with van der Waals surface area (Å²) in [7, 11) is 1.59. The van der Waals surface area contributed by atoms with E-state index in [9.17, 15) is 9.90 Å². The standard InChI is InChI=1S/C21H18N4O3/c1-28-17-4-2-3-14(9-17)10-21(27)24-20-12-23-19-11-22-18(13-25(19)20)15-5-7-16(26)8-6-15/h2-9,11-13,26H,10H2,1H3,(H,24,27). The number of benzene rings is 2. The second kappa shape index (κ2) is 7.40. The molecule has 0 atom stereocenters. The molecule has 2 heterocycles. The first-order valence-corrected chi connectivity index (χ1v) is 8.67. The van der Waals surface area contributed by atoms with E-state index in [1.54, 1.807) is 54.4 Å². The van der Waals surface area contributed by atoms with E-state index >= 15 is 0 Å². The molecule has 0 spiro atoms. The molecule has 0 aliphatic heterocycles. The van der Waals surface area contributed by atoms with Gasteiger partial charge in [-0.25, -0.2) is 4.98 Å². The molecule has 0 aliphatic carbocycles. The molecule has 0 saturated heterocycles. The van der Waals surface area contributed by atoms with E-state index in [1.807, 2.05) is 24.3 Å². The fraction of sp³-hybridized carbons (Fsp3) is 0.0952. The number of imidazole rings is 1. The van der Waals surface area contributed by atoms with Crippen molar-refractivity contribution in [2.75, 3.05) is 12.4 Å². The van der Waals surface area contributed by atoms with E-state index in [0.29, 0.717) is 22.9 Å².